The number of carbonyl (C=O) groups excluding carboxylic acids is 2. The first-order valence-electron chi connectivity index (χ1n) is 8.77. The molecular formula is C19H22N2O5S. The second-order valence-corrected chi connectivity index (χ2v) is 8.50. The molecule has 0 N–H and O–H groups in total. The molecular weight excluding hydrogens is 368 g/mol. The van der Waals surface area contributed by atoms with Gasteiger partial charge in [-0.2, -0.15) is 4.31 Å². The molecule has 0 bridgehead atoms. The molecule has 1 atom stereocenters. The average Bonchev–Trinajstić information content (AvgIpc) is 3.32. The van der Waals surface area contributed by atoms with Gasteiger partial charge in [0.05, 0.1) is 0 Å². The van der Waals surface area contributed by atoms with E-state index in [9.17, 15) is 18.0 Å². The summed E-state index contributed by atoms with van der Waals surface area (Å²) in [5.41, 5.74) is 0.530. The molecule has 1 fully saturated rings. The largest absolute Gasteiger partial charge is 0.450 e. The summed E-state index contributed by atoms with van der Waals surface area (Å²) >= 11 is 0. The minimum Gasteiger partial charge on any atom is -0.450 e. The summed E-state index contributed by atoms with van der Waals surface area (Å²) in [4.78, 5) is 24.9. The van der Waals surface area contributed by atoms with Gasteiger partial charge in [-0.25, -0.2) is 13.2 Å². The summed E-state index contributed by atoms with van der Waals surface area (Å²) in [6.45, 7) is 2.47. The maximum Gasteiger partial charge on any atom is 0.355 e. The van der Waals surface area contributed by atoms with Crippen LogP contribution in [0.25, 0.3) is 0 Å². The minimum absolute atomic E-state index is 0.0564. The number of aromatic nitrogens is 1. The Kier molecular flexibility index (Phi) is 5.48. The SMILES string of the molecule is CC(OC(=O)c1cc(S(=O)(=O)N2CCCC2)cn1C)C(=O)c1ccccc1. The van der Waals surface area contributed by atoms with Crippen molar-refractivity contribution in [3.63, 3.8) is 0 Å². The Bertz CT molecular complexity index is 944. The number of carbonyl (C=O) groups is 2. The number of nitrogens with zero attached hydrogens (tertiary/aromatic N) is 2. The van der Waals surface area contributed by atoms with Crippen molar-refractivity contribution in [2.45, 2.75) is 30.8 Å². The molecule has 0 amide bonds. The average molecular weight is 390 g/mol. The smallest absolute Gasteiger partial charge is 0.355 e. The zero-order valence-corrected chi connectivity index (χ0v) is 16.1. The first kappa shape index (κ1) is 19.3. The van der Waals surface area contributed by atoms with Crippen molar-refractivity contribution in [3.8, 4) is 0 Å². The van der Waals surface area contributed by atoms with Crippen LogP contribution in [-0.4, -0.2) is 48.2 Å². The summed E-state index contributed by atoms with van der Waals surface area (Å²) < 4.78 is 33.4. The summed E-state index contributed by atoms with van der Waals surface area (Å²) in [7, 11) is -2.05. The van der Waals surface area contributed by atoms with Gasteiger partial charge < -0.3 is 9.30 Å². The number of ether oxygens (including phenoxy) is 1. The summed E-state index contributed by atoms with van der Waals surface area (Å²) in [6.07, 6.45) is 2.09. The van der Waals surface area contributed by atoms with Gasteiger partial charge in [-0.3, -0.25) is 4.79 Å². The van der Waals surface area contributed by atoms with E-state index >= 15 is 0 Å². The van der Waals surface area contributed by atoms with Crippen molar-refractivity contribution >= 4 is 21.8 Å². The standard InChI is InChI=1S/C19H22N2O5S/c1-14(18(22)15-8-4-3-5-9-15)26-19(23)17-12-16(13-20(17)2)27(24,25)21-10-6-7-11-21/h3-5,8-9,12-14H,6-7,10-11H2,1-2H3. The fourth-order valence-corrected chi connectivity index (χ4v) is 4.66. The van der Waals surface area contributed by atoms with Crippen molar-refractivity contribution < 1.29 is 22.7 Å². The van der Waals surface area contributed by atoms with Crippen molar-refractivity contribution in [1.29, 1.82) is 0 Å². The Labute approximate surface area is 158 Å². The minimum atomic E-state index is -3.62. The predicted octanol–water partition coefficient (Wildman–Crippen LogP) is 2.24. The van der Waals surface area contributed by atoms with E-state index in [-0.39, 0.29) is 16.4 Å². The number of ketones is 1. The van der Waals surface area contributed by atoms with E-state index in [1.54, 1.807) is 37.4 Å². The Hall–Kier alpha value is -2.45. The van der Waals surface area contributed by atoms with Gasteiger partial charge in [0.2, 0.25) is 15.8 Å². The van der Waals surface area contributed by atoms with Crippen LogP contribution >= 0.6 is 0 Å². The fraction of sp³-hybridized carbons (Fsp3) is 0.368. The molecule has 0 saturated carbocycles. The lowest BCUT2D eigenvalue weighted by Gasteiger charge is -2.13. The van der Waals surface area contributed by atoms with E-state index in [1.807, 2.05) is 0 Å². The van der Waals surface area contributed by atoms with Gasteiger partial charge >= 0.3 is 5.97 Å². The zero-order valence-electron chi connectivity index (χ0n) is 15.3. The van der Waals surface area contributed by atoms with Crippen LogP contribution in [-0.2, 0) is 21.8 Å². The third kappa shape index (κ3) is 3.96. The normalized spacial score (nSPS) is 16.2. The maximum absolute atomic E-state index is 12.6. The summed E-state index contributed by atoms with van der Waals surface area (Å²) in [5.74, 6) is -1.06. The first-order chi connectivity index (χ1) is 12.8. The van der Waals surface area contributed by atoms with E-state index in [1.165, 1.54) is 28.1 Å². The fourth-order valence-electron chi connectivity index (χ4n) is 3.07. The molecule has 0 aliphatic carbocycles. The number of benzene rings is 1. The molecule has 1 aliphatic rings. The molecule has 1 saturated heterocycles. The topological polar surface area (TPSA) is 85.7 Å². The van der Waals surface area contributed by atoms with E-state index < -0.39 is 22.1 Å². The van der Waals surface area contributed by atoms with Gasteiger partial charge in [-0.05, 0) is 25.8 Å². The Morgan fingerprint density at radius 2 is 1.74 bits per heavy atom. The van der Waals surface area contributed by atoms with Crippen LogP contribution in [0.3, 0.4) is 0 Å². The second-order valence-electron chi connectivity index (χ2n) is 6.56. The monoisotopic (exact) mass is 390 g/mol. The van der Waals surface area contributed by atoms with Gasteiger partial charge in [0.25, 0.3) is 0 Å². The second kappa shape index (κ2) is 7.66. The molecule has 144 valence electrons. The van der Waals surface area contributed by atoms with Crippen LogP contribution in [0, 0.1) is 0 Å². The number of aryl methyl sites for hydroxylation is 1. The quantitative estimate of drug-likeness (QED) is 0.558. The zero-order chi connectivity index (χ0) is 19.6. The molecule has 1 aromatic heterocycles. The van der Waals surface area contributed by atoms with Crippen LogP contribution in [0.4, 0.5) is 0 Å². The molecule has 1 aromatic carbocycles. The maximum atomic E-state index is 12.6. The van der Waals surface area contributed by atoms with Crippen LogP contribution in [0.5, 0.6) is 0 Å². The van der Waals surface area contributed by atoms with Crippen LogP contribution in [0.1, 0.15) is 40.6 Å². The lowest BCUT2D eigenvalue weighted by Crippen LogP contribution is -2.27. The predicted molar refractivity (Wildman–Crippen MR) is 99.1 cm³/mol. The summed E-state index contributed by atoms with van der Waals surface area (Å²) in [6, 6.07) is 9.85. The molecule has 8 heteroatoms. The molecule has 1 aliphatic heterocycles. The third-order valence-corrected chi connectivity index (χ3v) is 6.47. The molecule has 2 aromatic rings. The number of Topliss-reactive ketones (excluding diaryl/α,β-unsaturated/α-hetero) is 1. The van der Waals surface area contributed by atoms with Gasteiger partial charge in [0.1, 0.15) is 10.6 Å². The van der Waals surface area contributed by atoms with Crippen molar-refractivity contribution in [2.24, 2.45) is 7.05 Å². The lowest BCUT2D eigenvalue weighted by molar-refractivity contribution is 0.0309. The number of rotatable bonds is 6. The highest BCUT2D eigenvalue weighted by Crippen LogP contribution is 2.23. The number of hydrogen-bond donors (Lipinski definition) is 0. The van der Waals surface area contributed by atoms with Crippen LogP contribution in [0.2, 0.25) is 0 Å². The highest BCUT2D eigenvalue weighted by molar-refractivity contribution is 7.89. The van der Waals surface area contributed by atoms with Crippen molar-refractivity contribution in [2.75, 3.05) is 13.1 Å². The van der Waals surface area contributed by atoms with E-state index in [2.05, 4.69) is 0 Å². The third-order valence-electron chi connectivity index (χ3n) is 4.60. The van der Waals surface area contributed by atoms with Crippen molar-refractivity contribution in [3.05, 3.63) is 53.9 Å². The lowest BCUT2D eigenvalue weighted by atomic mass is 10.1. The van der Waals surface area contributed by atoms with Gasteiger partial charge in [0, 0.05) is 31.9 Å². The molecule has 0 radical (unpaired) electrons. The van der Waals surface area contributed by atoms with Gasteiger partial charge in [0.15, 0.2) is 6.10 Å². The Balaban J connectivity index is 1.76. The highest BCUT2D eigenvalue weighted by Gasteiger charge is 2.30. The van der Waals surface area contributed by atoms with Crippen LogP contribution < -0.4 is 0 Å². The summed E-state index contributed by atoms with van der Waals surface area (Å²) in [5, 5.41) is 0. The van der Waals surface area contributed by atoms with Gasteiger partial charge in [-0.1, -0.05) is 30.3 Å². The number of esters is 1. The number of sulfonamides is 1. The van der Waals surface area contributed by atoms with Crippen molar-refractivity contribution in [1.82, 2.24) is 8.87 Å². The molecule has 27 heavy (non-hydrogen) atoms. The Morgan fingerprint density at radius 1 is 1.11 bits per heavy atom. The number of hydrogen-bond acceptors (Lipinski definition) is 5. The van der Waals surface area contributed by atoms with E-state index in [4.69, 9.17) is 4.74 Å². The van der Waals surface area contributed by atoms with E-state index in [0.29, 0.717) is 18.7 Å². The van der Waals surface area contributed by atoms with E-state index in [0.717, 1.165) is 12.8 Å². The molecule has 7 nitrogen and oxygen atoms in total. The molecule has 2 heterocycles. The highest BCUT2D eigenvalue weighted by atomic mass is 32.2. The molecule has 0 spiro atoms. The molecule has 1 unspecified atom stereocenters. The Morgan fingerprint density at radius 3 is 2.37 bits per heavy atom. The van der Waals surface area contributed by atoms with Gasteiger partial charge in [-0.15, -0.1) is 0 Å². The molecule has 3 rings (SSSR count). The van der Waals surface area contributed by atoms with Crippen LogP contribution in [0.15, 0.2) is 47.5 Å². The first-order valence-corrected chi connectivity index (χ1v) is 10.2.